The van der Waals surface area contributed by atoms with E-state index in [0.29, 0.717) is 17.1 Å². The van der Waals surface area contributed by atoms with Gasteiger partial charge in [0.15, 0.2) is 0 Å². The molecule has 0 radical (unpaired) electrons. The number of aryl methyl sites for hydroxylation is 1. The van der Waals surface area contributed by atoms with Crippen molar-refractivity contribution in [3.05, 3.63) is 50.8 Å². The van der Waals surface area contributed by atoms with Gasteiger partial charge >= 0.3 is 0 Å². The Morgan fingerprint density at radius 3 is 2.62 bits per heavy atom. The minimum Gasteiger partial charge on any atom is -0.378 e. The molecule has 1 N–H and O–H groups in total. The van der Waals surface area contributed by atoms with Crippen LogP contribution < -0.4 is 21.0 Å². The van der Waals surface area contributed by atoms with Crippen LogP contribution in [0.25, 0.3) is 12.7 Å². The number of benzene rings is 1. The topological polar surface area (TPSA) is 64.8 Å². The quantitative estimate of drug-likeness (QED) is 0.882. The molecule has 1 aromatic heterocycles. The van der Waals surface area contributed by atoms with Gasteiger partial charge in [-0.05, 0) is 23.8 Å². The predicted octanol–water partition coefficient (Wildman–Crippen LogP) is 0.395. The molecular weight excluding hydrogens is 264 g/mol. The Hall–Kier alpha value is -2.74. The first kappa shape index (κ1) is 14.7. The number of nitriles is 1. The second-order valence-corrected chi connectivity index (χ2v) is 5.00. The van der Waals surface area contributed by atoms with Crippen molar-refractivity contribution < 1.29 is 0 Å². The molecule has 5 nitrogen and oxygen atoms in total. The molecule has 2 rings (SSSR count). The summed E-state index contributed by atoms with van der Waals surface area (Å²) in [6.45, 7) is 4.21. The van der Waals surface area contributed by atoms with Crippen LogP contribution in [-0.4, -0.2) is 23.9 Å². The SMILES string of the molecule is C=c1[nH]n(CCC#N)c(=O)/c1=C/c1ccc(N(C)C)cc1. The normalized spacial score (nSPS) is 11.4. The van der Waals surface area contributed by atoms with E-state index >= 15 is 0 Å². The lowest BCUT2D eigenvalue weighted by atomic mass is 10.1. The third kappa shape index (κ3) is 3.23. The Balaban J connectivity index is 2.42. The minimum atomic E-state index is -0.146. The number of anilines is 1. The second kappa shape index (κ2) is 6.14. The minimum absolute atomic E-state index is 0.146. The zero-order chi connectivity index (χ0) is 15.4. The van der Waals surface area contributed by atoms with Crippen LogP contribution >= 0.6 is 0 Å². The average molecular weight is 282 g/mol. The van der Waals surface area contributed by atoms with Crippen molar-refractivity contribution in [2.24, 2.45) is 0 Å². The molecule has 0 unspecified atom stereocenters. The number of aromatic nitrogens is 2. The summed E-state index contributed by atoms with van der Waals surface area (Å²) >= 11 is 0. The standard InChI is InChI=1S/C16H18N4O/c1-12-15(16(21)20(18-12)10-4-9-17)11-13-5-7-14(8-6-13)19(2)3/h5-8,11,18H,1,4,10H2,2-3H3/b15-11+. The van der Waals surface area contributed by atoms with Crippen LogP contribution in [0, 0.1) is 11.3 Å². The van der Waals surface area contributed by atoms with E-state index in [-0.39, 0.29) is 12.0 Å². The van der Waals surface area contributed by atoms with Gasteiger partial charge in [0.2, 0.25) is 0 Å². The average Bonchev–Trinajstić information content (AvgIpc) is 2.73. The molecule has 0 amide bonds. The number of H-pyrrole nitrogens is 1. The molecule has 1 aromatic carbocycles. The Morgan fingerprint density at radius 1 is 1.38 bits per heavy atom. The summed E-state index contributed by atoms with van der Waals surface area (Å²) in [5.74, 6) is 0. The lowest BCUT2D eigenvalue weighted by molar-refractivity contribution is 0.604. The van der Waals surface area contributed by atoms with Crippen molar-refractivity contribution in [3.8, 4) is 6.07 Å². The van der Waals surface area contributed by atoms with Crippen LogP contribution in [0.5, 0.6) is 0 Å². The van der Waals surface area contributed by atoms with Crippen LogP contribution in [0.1, 0.15) is 12.0 Å². The van der Waals surface area contributed by atoms with E-state index in [9.17, 15) is 4.79 Å². The fraction of sp³-hybridized carbons (Fsp3) is 0.250. The van der Waals surface area contributed by atoms with Crippen LogP contribution in [0.15, 0.2) is 29.1 Å². The Bertz CT molecular complexity index is 819. The first-order valence-corrected chi connectivity index (χ1v) is 6.67. The van der Waals surface area contributed by atoms with Crippen molar-refractivity contribution in [1.82, 2.24) is 9.78 Å². The van der Waals surface area contributed by atoms with Gasteiger partial charge < -0.3 is 4.90 Å². The number of hydrogen-bond donors (Lipinski definition) is 1. The van der Waals surface area contributed by atoms with Gasteiger partial charge in [-0.25, -0.2) is 0 Å². The van der Waals surface area contributed by atoms with Gasteiger partial charge in [-0.1, -0.05) is 18.7 Å². The number of rotatable bonds is 4. The maximum atomic E-state index is 12.2. The molecule has 0 spiro atoms. The van der Waals surface area contributed by atoms with Gasteiger partial charge in [-0.3, -0.25) is 14.6 Å². The maximum Gasteiger partial charge on any atom is 0.274 e. The highest BCUT2D eigenvalue weighted by molar-refractivity contribution is 5.55. The molecule has 0 aliphatic rings. The van der Waals surface area contributed by atoms with Gasteiger partial charge in [-0.15, -0.1) is 0 Å². The van der Waals surface area contributed by atoms with Gasteiger partial charge in [-0.2, -0.15) is 5.26 Å². The summed E-state index contributed by atoms with van der Waals surface area (Å²) < 4.78 is 1.42. The van der Waals surface area contributed by atoms with E-state index in [1.165, 1.54) is 4.68 Å². The van der Waals surface area contributed by atoms with E-state index in [4.69, 9.17) is 5.26 Å². The first-order chi connectivity index (χ1) is 10.0. The van der Waals surface area contributed by atoms with E-state index in [1.807, 2.05) is 55.4 Å². The largest absolute Gasteiger partial charge is 0.378 e. The molecular formula is C16H18N4O. The number of nitrogens with zero attached hydrogens (tertiary/aromatic N) is 3. The number of aromatic amines is 1. The van der Waals surface area contributed by atoms with E-state index < -0.39 is 0 Å². The maximum absolute atomic E-state index is 12.2. The van der Waals surface area contributed by atoms with Gasteiger partial charge in [0.1, 0.15) is 0 Å². The monoisotopic (exact) mass is 282 g/mol. The molecule has 5 heteroatoms. The van der Waals surface area contributed by atoms with Crippen molar-refractivity contribution >= 4 is 18.3 Å². The van der Waals surface area contributed by atoms with E-state index in [1.54, 1.807) is 0 Å². The highest BCUT2D eigenvalue weighted by atomic mass is 16.1. The van der Waals surface area contributed by atoms with Crippen LogP contribution in [0.2, 0.25) is 0 Å². The van der Waals surface area contributed by atoms with Crippen LogP contribution in [-0.2, 0) is 6.54 Å². The lowest BCUT2D eigenvalue weighted by Gasteiger charge is -2.11. The fourth-order valence-corrected chi connectivity index (χ4v) is 2.05. The number of nitrogens with one attached hydrogen (secondary N) is 1. The molecule has 2 aromatic rings. The summed E-state index contributed by atoms with van der Waals surface area (Å²) in [6, 6.07) is 9.93. The van der Waals surface area contributed by atoms with Crippen molar-refractivity contribution in [1.29, 1.82) is 5.26 Å². The molecule has 1 heterocycles. The lowest BCUT2D eigenvalue weighted by Crippen LogP contribution is -2.34. The molecule has 0 aliphatic heterocycles. The summed E-state index contributed by atoms with van der Waals surface area (Å²) in [4.78, 5) is 14.2. The van der Waals surface area contributed by atoms with E-state index in [2.05, 4.69) is 11.7 Å². The third-order valence-corrected chi connectivity index (χ3v) is 3.24. The third-order valence-electron chi connectivity index (χ3n) is 3.24. The predicted molar refractivity (Wildman–Crippen MR) is 84.4 cm³/mol. The molecule has 0 saturated heterocycles. The molecule has 0 fully saturated rings. The van der Waals surface area contributed by atoms with Gasteiger partial charge in [0, 0.05) is 19.8 Å². The molecule has 108 valence electrons. The summed E-state index contributed by atoms with van der Waals surface area (Å²) in [5.41, 5.74) is 1.89. The molecule has 0 bridgehead atoms. The highest BCUT2D eigenvalue weighted by Gasteiger charge is 2.02. The van der Waals surface area contributed by atoms with Crippen molar-refractivity contribution in [2.45, 2.75) is 13.0 Å². The Morgan fingerprint density at radius 2 is 2.05 bits per heavy atom. The van der Waals surface area contributed by atoms with Crippen LogP contribution in [0.3, 0.4) is 0 Å². The smallest absolute Gasteiger partial charge is 0.274 e. The zero-order valence-electron chi connectivity index (χ0n) is 12.3. The van der Waals surface area contributed by atoms with Gasteiger partial charge in [0.05, 0.1) is 29.6 Å². The molecule has 0 aliphatic carbocycles. The zero-order valence-corrected chi connectivity index (χ0v) is 12.3. The fourth-order valence-electron chi connectivity index (χ4n) is 2.05. The van der Waals surface area contributed by atoms with Crippen LogP contribution in [0.4, 0.5) is 5.69 Å². The second-order valence-electron chi connectivity index (χ2n) is 5.00. The summed E-state index contributed by atoms with van der Waals surface area (Å²) in [5, 5.41) is 12.6. The molecule has 0 atom stereocenters. The highest BCUT2D eigenvalue weighted by Crippen LogP contribution is 2.12. The first-order valence-electron chi connectivity index (χ1n) is 6.67. The molecule has 21 heavy (non-hydrogen) atoms. The Kier molecular flexibility index (Phi) is 4.29. The number of hydrogen-bond acceptors (Lipinski definition) is 3. The van der Waals surface area contributed by atoms with Gasteiger partial charge in [0.25, 0.3) is 5.56 Å². The summed E-state index contributed by atoms with van der Waals surface area (Å²) in [7, 11) is 3.96. The molecule has 0 saturated carbocycles. The Labute approximate surface area is 123 Å². The van der Waals surface area contributed by atoms with E-state index in [0.717, 1.165) is 11.3 Å². The summed E-state index contributed by atoms with van der Waals surface area (Å²) in [6.07, 6.45) is 2.10. The van der Waals surface area contributed by atoms with Crippen molar-refractivity contribution in [3.63, 3.8) is 0 Å². The van der Waals surface area contributed by atoms with Crippen molar-refractivity contribution in [2.75, 3.05) is 19.0 Å².